The molecule has 1 unspecified atom stereocenters. The summed E-state index contributed by atoms with van der Waals surface area (Å²) in [7, 11) is 0. The van der Waals surface area contributed by atoms with E-state index in [0.717, 1.165) is 6.42 Å². The topological polar surface area (TPSA) is 20.2 Å². The van der Waals surface area contributed by atoms with E-state index in [9.17, 15) is 0 Å². The fourth-order valence-corrected chi connectivity index (χ4v) is 1.42. The quantitative estimate of drug-likeness (QED) is 0.606. The molecule has 0 spiro atoms. The molecule has 0 heterocycles. The van der Waals surface area contributed by atoms with Gasteiger partial charge in [0, 0.05) is 6.61 Å². The van der Waals surface area contributed by atoms with Crippen LogP contribution in [0.3, 0.4) is 0 Å². The first-order valence-corrected chi connectivity index (χ1v) is 4.40. The molecular formula is C10H20O. The average Bonchev–Trinajstić information content (AvgIpc) is 2.05. The van der Waals surface area contributed by atoms with E-state index in [1.807, 2.05) is 6.08 Å². The Morgan fingerprint density at radius 1 is 1.36 bits per heavy atom. The highest BCUT2D eigenvalue weighted by atomic mass is 16.3. The van der Waals surface area contributed by atoms with Crippen LogP contribution in [0.2, 0.25) is 0 Å². The number of hydrogen-bond acceptors (Lipinski definition) is 1. The molecule has 11 heavy (non-hydrogen) atoms. The standard InChI is InChI=1S/C10H20O/c1-5-8(3)10(6-2)9(4)7-11/h6,8-11H,2,5,7H2,1,3-4H3/t8-,9+,10?/m0/s1. The molecule has 0 aliphatic heterocycles. The summed E-state index contributed by atoms with van der Waals surface area (Å²) in [6.45, 7) is 10.5. The first-order valence-electron chi connectivity index (χ1n) is 4.40. The van der Waals surface area contributed by atoms with Crippen molar-refractivity contribution in [1.82, 2.24) is 0 Å². The number of allylic oxidation sites excluding steroid dienone is 1. The summed E-state index contributed by atoms with van der Waals surface area (Å²) in [5.41, 5.74) is 0. The van der Waals surface area contributed by atoms with Crippen molar-refractivity contribution in [1.29, 1.82) is 0 Å². The Morgan fingerprint density at radius 2 is 1.91 bits per heavy atom. The number of aliphatic hydroxyl groups is 1. The van der Waals surface area contributed by atoms with Gasteiger partial charge < -0.3 is 5.11 Å². The van der Waals surface area contributed by atoms with E-state index in [1.54, 1.807) is 0 Å². The second-order valence-electron chi connectivity index (χ2n) is 3.36. The van der Waals surface area contributed by atoms with Crippen molar-refractivity contribution in [2.75, 3.05) is 6.61 Å². The lowest BCUT2D eigenvalue weighted by Crippen LogP contribution is -2.19. The van der Waals surface area contributed by atoms with E-state index < -0.39 is 0 Å². The van der Waals surface area contributed by atoms with E-state index in [1.165, 1.54) is 0 Å². The van der Waals surface area contributed by atoms with Crippen molar-refractivity contribution in [2.45, 2.75) is 27.2 Å². The molecule has 0 fully saturated rings. The van der Waals surface area contributed by atoms with Crippen molar-refractivity contribution in [3.63, 3.8) is 0 Å². The van der Waals surface area contributed by atoms with Crippen LogP contribution in [-0.2, 0) is 0 Å². The first-order chi connectivity index (χ1) is 5.17. The van der Waals surface area contributed by atoms with Gasteiger partial charge in [-0.3, -0.25) is 0 Å². The predicted octanol–water partition coefficient (Wildman–Crippen LogP) is 2.46. The monoisotopic (exact) mass is 156 g/mol. The third kappa shape index (κ3) is 3.06. The molecule has 66 valence electrons. The molecule has 0 radical (unpaired) electrons. The highest BCUT2D eigenvalue weighted by molar-refractivity contribution is 4.85. The van der Waals surface area contributed by atoms with Crippen LogP contribution in [0.5, 0.6) is 0 Å². The molecular weight excluding hydrogens is 136 g/mol. The minimum atomic E-state index is 0.265. The Kier molecular flexibility index (Phi) is 5.22. The second kappa shape index (κ2) is 5.36. The van der Waals surface area contributed by atoms with Gasteiger partial charge in [-0.1, -0.05) is 33.3 Å². The smallest absolute Gasteiger partial charge is 0.0462 e. The molecule has 0 aliphatic rings. The van der Waals surface area contributed by atoms with Crippen molar-refractivity contribution >= 4 is 0 Å². The molecule has 0 bridgehead atoms. The number of rotatable bonds is 5. The van der Waals surface area contributed by atoms with Gasteiger partial charge in [0.15, 0.2) is 0 Å². The Balaban J connectivity index is 4.03. The molecule has 0 aromatic rings. The molecule has 0 rings (SSSR count). The van der Waals surface area contributed by atoms with Gasteiger partial charge >= 0.3 is 0 Å². The zero-order valence-corrected chi connectivity index (χ0v) is 7.88. The first kappa shape index (κ1) is 10.7. The summed E-state index contributed by atoms with van der Waals surface area (Å²) in [5.74, 6) is 1.45. The summed E-state index contributed by atoms with van der Waals surface area (Å²) < 4.78 is 0. The minimum Gasteiger partial charge on any atom is -0.396 e. The van der Waals surface area contributed by atoms with Gasteiger partial charge in [0.05, 0.1) is 0 Å². The average molecular weight is 156 g/mol. The van der Waals surface area contributed by atoms with Gasteiger partial charge in [-0.2, -0.15) is 0 Å². The van der Waals surface area contributed by atoms with Crippen LogP contribution in [0.1, 0.15) is 27.2 Å². The van der Waals surface area contributed by atoms with Crippen molar-refractivity contribution in [3.05, 3.63) is 12.7 Å². The highest BCUT2D eigenvalue weighted by Gasteiger charge is 2.18. The summed E-state index contributed by atoms with van der Waals surface area (Å²) in [4.78, 5) is 0. The van der Waals surface area contributed by atoms with E-state index in [0.29, 0.717) is 17.8 Å². The number of hydrogen-bond donors (Lipinski definition) is 1. The third-order valence-corrected chi connectivity index (χ3v) is 2.52. The van der Waals surface area contributed by atoms with Gasteiger partial charge in [0.1, 0.15) is 0 Å². The lowest BCUT2D eigenvalue weighted by molar-refractivity contribution is 0.178. The van der Waals surface area contributed by atoms with E-state index >= 15 is 0 Å². The summed E-state index contributed by atoms with van der Waals surface area (Å²) in [5, 5.41) is 8.93. The van der Waals surface area contributed by atoms with Gasteiger partial charge in [-0.05, 0) is 17.8 Å². The van der Waals surface area contributed by atoms with Crippen LogP contribution < -0.4 is 0 Å². The molecule has 0 saturated heterocycles. The predicted molar refractivity (Wildman–Crippen MR) is 49.4 cm³/mol. The van der Waals surface area contributed by atoms with Crippen LogP contribution in [0.15, 0.2) is 12.7 Å². The summed E-state index contributed by atoms with van der Waals surface area (Å²) in [6.07, 6.45) is 3.12. The summed E-state index contributed by atoms with van der Waals surface area (Å²) in [6, 6.07) is 0. The third-order valence-electron chi connectivity index (χ3n) is 2.52. The van der Waals surface area contributed by atoms with Gasteiger partial charge in [0.2, 0.25) is 0 Å². The molecule has 0 aromatic carbocycles. The molecule has 0 aromatic heterocycles. The molecule has 0 saturated carbocycles. The summed E-state index contributed by atoms with van der Waals surface area (Å²) >= 11 is 0. The van der Waals surface area contributed by atoms with Gasteiger partial charge in [-0.15, -0.1) is 6.58 Å². The Labute approximate surface area is 70.1 Å². The Hall–Kier alpha value is -0.300. The minimum absolute atomic E-state index is 0.265. The molecule has 3 atom stereocenters. The van der Waals surface area contributed by atoms with E-state index in [4.69, 9.17) is 5.11 Å². The normalized spacial score (nSPS) is 18.9. The zero-order chi connectivity index (χ0) is 8.85. The van der Waals surface area contributed by atoms with Crippen LogP contribution in [0, 0.1) is 17.8 Å². The van der Waals surface area contributed by atoms with Crippen LogP contribution in [0.25, 0.3) is 0 Å². The van der Waals surface area contributed by atoms with Crippen molar-refractivity contribution in [2.24, 2.45) is 17.8 Å². The van der Waals surface area contributed by atoms with Gasteiger partial charge in [0.25, 0.3) is 0 Å². The lowest BCUT2D eigenvalue weighted by Gasteiger charge is -2.24. The molecule has 1 N–H and O–H groups in total. The van der Waals surface area contributed by atoms with Crippen molar-refractivity contribution in [3.8, 4) is 0 Å². The van der Waals surface area contributed by atoms with E-state index in [2.05, 4.69) is 27.4 Å². The molecule has 0 amide bonds. The Morgan fingerprint density at radius 3 is 2.18 bits per heavy atom. The fraction of sp³-hybridized carbons (Fsp3) is 0.800. The maximum atomic E-state index is 8.93. The highest BCUT2D eigenvalue weighted by Crippen LogP contribution is 2.23. The van der Waals surface area contributed by atoms with E-state index in [-0.39, 0.29) is 6.61 Å². The molecule has 1 heteroatoms. The van der Waals surface area contributed by atoms with Crippen LogP contribution in [0.4, 0.5) is 0 Å². The maximum absolute atomic E-state index is 8.93. The SMILES string of the molecule is C=CC([C@H](C)CO)[C@@H](C)CC. The largest absolute Gasteiger partial charge is 0.396 e. The molecule has 0 aliphatic carbocycles. The maximum Gasteiger partial charge on any atom is 0.0462 e. The zero-order valence-electron chi connectivity index (χ0n) is 7.88. The van der Waals surface area contributed by atoms with Crippen molar-refractivity contribution < 1.29 is 5.11 Å². The fourth-order valence-electron chi connectivity index (χ4n) is 1.42. The van der Waals surface area contributed by atoms with Crippen LogP contribution >= 0.6 is 0 Å². The van der Waals surface area contributed by atoms with Gasteiger partial charge in [-0.25, -0.2) is 0 Å². The molecule has 1 nitrogen and oxygen atoms in total. The lowest BCUT2D eigenvalue weighted by atomic mass is 9.82. The Bertz CT molecular complexity index is 99.4. The second-order valence-corrected chi connectivity index (χ2v) is 3.36. The number of aliphatic hydroxyl groups excluding tert-OH is 1. The van der Waals surface area contributed by atoms with Crippen LogP contribution in [-0.4, -0.2) is 11.7 Å².